The van der Waals surface area contributed by atoms with Crippen molar-refractivity contribution in [3.63, 3.8) is 0 Å². The average molecular weight is 409 g/mol. The summed E-state index contributed by atoms with van der Waals surface area (Å²) in [5.41, 5.74) is 7.34. The van der Waals surface area contributed by atoms with Crippen LogP contribution in [-0.2, 0) is 0 Å². The Bertz CT molecular complexity index is 683. The predicted molar refractivity (Wildman–Crippen MR) is 105 cm³/mol. The van der Waals surface area contributed by atoms with Gasteiger partial charge in [-0.25, -0.2) is 4.99 Å². The van der Waals surface area contributed by atoms with Crippen LogP contribution in [0.25, 0.3) is 10.8 Å². The molecule has 3 nitrogen and oxygen atoms in total. The van der Waals surface area contributed by atoms with Crippen LogP contribution in [0.3, 0.4) is 0 Å². The van der Waals surface area contributed by atoms with E-state index in [1.54, 1.807) is 0 Å². The van der Waals surface area contributed by atoms with E-state index in [1.807, 2.05) is 0 Å². The van der Waals surface area contributed by atoms with E-state index in [1.165, 1.54) is 16.3 Å². The topological polar surface area (TPSA) is 50.4 Å². The molecule has 3 rings (SSSR count). The van der Waals surface area contributed by atoms with Gasteiger partial charge in [0.05, 0.1) is 6.04 Å². The van der Waals surface area contributed by atoms with Crippen molar-refractivity contribution in [3.8, 4) is 0 Å². The van der Waals surface area contributed by atoms with Gasteiger partial charge in [-0.05, 0) is 43.5 Å². The van der Waals surface area contributed by atoms with Crippen LogP contribution in [0.4, 0.5) is 0 Å². The number of nitrogens with two attached hydrogens (primary N) is 1. The third kappa shape index (κ3) is 3.91. The third-order valence-corrected chi connectivity index (χ3v) is 3.79. The van der Waals surface area contributed by atoms with E-state index in [9.17, 15) is 0 Å². The minimum Gasteiger partial charge on any atom is -0.370 e. The molecule has 3 N–H and O–H groups in total. The Labute approximate surface area is 149 Å². The zero-order valence-corrected chi connectivity index (χ0v) is 15.7. The minimum atomic E-state index is -0.0442. The molecule has 0 spiro atoms. The van der Waals surface area contributed by atoms with Crippen LogP contribution >= 0.6 is 24.0 Å². The van der Waals surface area contributed by atoms with Gasteiger partial charge in [0.15, 0.2) is 5.96 Å². The highest BCUT2D eigenvalue weighted by Gasteiger charge is 2.39. The molecule has 2 aromatic rings. The molecule has 4 heteroatoms. The van der Waals surface area contributed by atoms with E-state index in [0.717, 1.165) is 6.42 Å². The van der Waals surface area contributed by atoms with Gasteiger partial charge >= 0.3 is 0 Å². The first kappa shape index (κ1) is 17.1. The van der Waals surface area contributed by atoms with Crippen molar-refractivity contribution in [1.82, 2.24) is 5.32 Å². The van der Waals surface area contributed by atoms with Crippen molar-refractivity contribution >= 4 is 40.7 Å². The maximum absolute atomic E-state index is 5.99. The summed E-state index contributed by atoms with van der Waals surface area (Å²) < 4.78 is 0. The Hall–Kier alpha value is -1.30. The van der Waals surface area contributed by atoms with Gasteiger partial charge in [0, 0.05) is 11.5 Å². The van der Waals surface area contributed by atoms with Crippen molar-refractivity contribution in [2.45, 2.75) is 44.7 Å². The van der Waals surface area contributed by atoms with Crippen molar-refractivity contribution < 1.29 is 0 Å². The van der Waals surface area contributed by atoms with E-state index in [-0.39, 0.29) is 29.5 Å². The standard InChI is InChI=1S/C18H23N3.HI/c1-18(2,3)21-17(19)20-16-11-15(16)14-10-6-8-12-7-4-5-9-13(12)14;/h4-10,15-16H,11H2,1-3H3,(H3,19,20,21);1H/t15-,16+;/m0./s1. The fraction of sp³-hybridized carbons (Fsp3) is 0.389. The normalized spacial score (nSPS) is 21.3. The zero-order chi connectivity index (χ0) is 15.0. The van der Waals surface area contributed by atoms with Crippen molar-refractivity contribution in [1.29, 1.82) is 0 Å². The van der Waals surface area contributed by atoms with E-state index < -0.39 is 0 Å². The van der Waals surface area contributed by atoms with Gasteiger partial charge in [0.1, 0.15) is 0 Å². The van der Waals surface area contributed by atoms with E-state index in [2.05, 4.69) is 73.5 Å². The van der Waals surface area contributed by atoms with Crippen molar-refractivity contribution in [3.05, 3.63) is 48.0 Å². The lowest BCUT2D eigenvalue weighted by Crippen LogP contribution is -2.45. The highest BCUT2D eigenvalue weighted by atomic mass is 127. The predicted octanol–water partition coefficient (Wildman–Crippen LogP) is 4.02. The van der Waals surface area contributed by atoms with Gasteiger partial charge in [0.2, 0.25) is 0 Å². The Balaban J connectivity index is 0.00000176. The fourth-order valence-electron chi connectivity index (χ4n) is 2.83. The summed E-state index contributed by atoms with van der Waals surface area (Å²) in [6.45, 7) is 6.26. The number of fused-ring (bicyclic) bond motifs is 1. The molecule has 0 heterocycles. The fourth-order valence-corrected chi connectivity index (χ4v) is 2.83. The number of guanidine groups is 1. The lowest BCUT2D eigenvalue weighted by molar-refractivity contribution is 0.508. The summed E-state index contributed by atoms with van der Waals surface area (Å²) in [5, 5.41) is 5.86. The molecular weight excluding hydrogens is 385 g/mol. The van der Waals surface area contributed by atoms with Gasteiger partial charge in [-0.15, -0.1) is 24.0 Å². The summed E-state index contributed by atoms with van der Waals surface area (Å²) in [4.78, 5) is 4.62. The quantitative estimate of drug-likeness (QED) is 0.447. The van der Waals surface area contributed by atoms with Gasteiger partial charge in [-0.1, -0.05) is 42.5 Å². The molecule has 2 aromatic carbocycles. The molecule has 1 aliphatic carbocycles. The number of aliphatic imine (C=N–C) groups is 1. The van der Waals surface area contributed by atoms with E-state index >= 15 is 0 Å². The second kappa shape index (κ2) is 6.44. The lowest BCUT2D eigenvalue weighted by Gasteiger charge is -2.21. The number of nitrogens with one attached hydrogen (secondary N) is 1. The van der Waals surface area contributed by atoms with Crippen molar-refractivity contribution in [2.24, 2.45) is 10.7 Å². The number of halogens is 1. The van der Waals surface area contributed by atoms with Crippen LogP contribution in [-0.4, -0.2) is 17.5 Å². The summed E-state index contributed by atoms with van der Waals surface area (Å²) in [6, 6.07) is 15.4. The number of benzene rings is 2. The van der Waals surface area contributed by atoms with Crippen LogP contribution in [0.1, 0.15) is 38.7 Å². The van der Waals surface area contributed by atoms with Gasteiger partial charge in [-0.2, -0.15) is 0 Å². The molecule has 1 saturated carbocycles. The van der Waals surface area contributed by atoms with Crippen LogP contribution in [0.5, 0.6) is 0 Å². The van der Waals surface area contributed by atoms with Crippen LogP contribution < -0.4 is 11.1 Å². The maximum atomic E-state index is 5.99. The third-order valence-electron chi connectivity index (χ3n) is 3.79. The van der Waals surface area contributed by atoms with Crippen LogP contribution in [0, 0.1) is 0 Å². The van der Waals surface area contributed by atoms with Crippen LogP contribution in [0.2, 0.25) is 0 Å². The highest BCUT2D eigenvalue weighted by Crippen LogP contribution is 2.45. The molecule has 0 amide bonds. The Morgan fingerprint density at radius 1 is 1.14 bits per heavy atom. The van der Waals surface area contributed by atoms with Gasteiger partial charge < -0.3 is 11.1 Å². The molecule has 0 aromatic heterocycles. The minimum absolute atomic E-state index is 0. The molecule has 22 heavy (non-hydrogen) atoms. The average Bonchev–Trinajstić information content (AvgIpc) is 3.14. The summed E-state index contributed by atoms with van der Waals surface area (Å²) in [5.74, 6) is 1.05. The zero-order valence-electron chi connectivity index (χ0n) is 13.3. The summed E-state index contributed by atoms with van der Waals surface area (Å²) in [7, 11) is 0. The SMILES string of the molecule is CC(C)(C)NC(N)=N[C@@H]1C[C@H]1c1cccc2ccccc12.I. The van der Waals surface area contributed by atoms with Gasteiger partial charge in [-0.3, -0.25) is 0 Å². The van der Waals surface area contributed by atoms with Gasteiger partial charge in [0.25, 0.3) is 0 Å². The van der Waals surface area contributed by atoms with Crippen LogP contribution in [0.15, 0.2) is 47.5 Å². The molecule has 1 aliphatic rings. The number of hydrogen-bond donors (Lipinski definition) is 2. The molecule has 0 aliphatic heterocycles. The Kier molecular flexibility index (Phi) is 5.00. The van der Waals surface area contributed by atoms with E-state index in [4.69, 9.17) is 5.73 Å². The smallest absolute Gasteiger partial charge is 0.189 e. The second-order valence-corrected chi connectivity index (χ2v) is 6.87. The molecule has 118 valence electrons. The molecule has 0 bridgehead atoms. The Morgan fingerprint density at radius 2 is 1.82 bits per heavy atom. The molecule has 2 atom stereocenters. The second-order valence-electron chi connectivity index (χ2n) is 6.87. The first-order valence-electron chi connectivity index (χ1n) is 7.53. The number of rotatable bonds is 2. The molecule has 0 radical (unpaired) electrons. The summed E-state index contributed by atoms with van der Waals surface area (Å²) in [6.07, 6.45) is 1.08. The largest absolute Gasteiger partial charge is 0.370 e. The molecule has 1 fully saturated rings. The first-order chi connectivity index (χ1) is 9.94. The van der Waals surface area contributed by atoms with Crippen molar-refractivity contribution in [2.75, 3.05) is 0 Å². The first-order valence-corrected chi connectivity index (χ1v) is 7.53. The molecule has 0 unspecified atom stereocenters. The van der Waals surface area contributed by atoms with E-state index in [0.29, 0.717) is 17.9 Å². The highest BCUT2D eigenvalue weighted by molar-refractivity contribution is 14.0. The number of hydrogen-bond acceptors (Lipinski definition) is 1. The maximum Gasteiger partial charge on any atom is 0.189 e. The lowest BCUT2D eigenvalue weighted by atomic mass is 10.0. The Morgan fingerprint density at radius 3 is 2.55 bits per heavy atom. The monoisotopic (exact) mass is 409 g/mol. The summed E-state index contributed by atoms with van der Waals surface area (Å²) >= 11 is 0. The molecule has 0 saturated heterocycles. The number of nitrogens with zero attached hydrogens (tertiary/aromatic N) is 1. The molecular formula is C18H24IN3.